The highest BCUT2D eigenvalue weighted by Crippen LogP contribution is 2.50. The second-order valence-electron chi connectivity index (χ2n) is 4.71. The lowest BCUT2D eigenvalue weighted by Crippen LogP contribution is -2.28. The van der Waals surface area contributed by atoms with Crippen molar-refractivity contribution in [3.05, 3.63) is 0 Å². The van der Waals surface area contributed by atoms with Crippen LogP contribution >= 0.6 is 0 Å². The number of carbonyl (C=O) groups is 1. The normalized spacial score (nSPS) is 39.9. The predicted molar refractivity (Wildman–Crippen MR) is 56.5 cm³/mol. The summed E-state index contributed by atoms with van der Waals surface area (Å²) in [6, 6.07) is 0. The number of carbonyl (C=O) groups excluding carboxylic acids is 1. The highest BCUT2D eigenvalue weighted by molar-refractivity contribution is 5.79. The Morgan fingerprint density at radius 1 is 1.47 bits per heavy atom. The van der Waals surface area contributed by atoms with Gasteiger partial charge in [0.05, 0.1) is 6.61 Å². The maximum absolute atomic E-state index is 11.6. The molecule has 1 saturated heterocycles. The Bertz CT molecular complexity index is 251. The summed E-state index contributed by atoms with van der Waals surface area (Å²) in [6.45, 7) is 4.48. The van der Waals surface area contributed by atoms with Crippen molar-refractivity contribution >= 4 is 5.97 Å². The zero-order valence-corrected chi connectivity index (χ0v) is 9.62. The van der Waals surface area contributed by atoms with Gasteiger partial charge in [0, 0.05) is 0 Å². The smallest absolute Gasteiger partial charge is 0.338 e. The molecular formula is C12H20O3. The lowest BCUT2D eigenvalue weighted by molar-refractivity contribution is -0.144. The van der Waals surface area contributed by atoms with Crippen molar-refractivity contribution in [1.29, 1.82) is 0 Å². The first-order valence-corrected chi connectivity index (χ1v) is 6.05. The average Bonchev–Trinajstić information content (AvgIpc) is 2.95. The number of hydrogen-bond acceptors (Lipinski definition) is 3. The molecule has 1 saturated carbocycles. The number of esters is 1. The minimum atomic E-state index is -0.273. The van der Waals surface area contributed by atoms with Gasteiger partial charge >= 0.3 is 5.97 Å². The molecule has 2 rings (SSSR count). The highest BCUT2D eigenvalue weighted by Gasteiger charge is 2.63. The molecule has 1 spiro atoms. The van der Waals surface area contributed by atoms with E-state index in [1.165, 1.54) is 25.7 Å². The molecule has 0 aromatic carbocycles. The molecule has 1 aliphatic carbocycles. The van der Waals surface area contributed by atoms with Gasteiger partial charge in [0.25, 0.3) is 0 Å². The Morgan fingerprint density at radius 3 is 3.00 bits per heavy atom. The van der Waals surface area contributed by atoms with Crippen LogP contribution in [0.3, 0.4) is 0 Å². The molecule has 2 fully saturated rings. The number of rotatable bonds is 2. The fraction of sp³-hybridized carbons (Fsp3) is 0.917. The van der Waals surface area contributed by atoms with E-state index in [1.807, 2.05) is 6.92 Å². The van der Waals surface area contributed by atoms with Crippen LogP contribution in [0.1, 0.15) is 46.0 Å². The first-order valence-electron chi connectivity index (χ1n) is 6.05. The molecular weight excluding hydrogens is 192 g/mol. The van der Waals surface area contributed by atoms with Crippen LogP contribution in [0.5, 0.6) is 0 Å². The van der Waals surface area contributed by atoms with Crippen LogP contribution in [0.2, 0.25) is 0 Å². The van der Waals surface area contributed by atoms with Gasteiger partial charge in [-0.2, -0.15) is 0 Å². The maximum Gasteiger partial charge on any atom is 0.338 e. The summed E-state index contributed by atoms with van der Waals surface area (Å²) in [6.07, 6.45) is 5.64. The lowest BCUT2D eigenvalue weighted by Gasteiger charge is -2.16. The van der Waals surface area contributed by atoms with E-state index >= 15 is 0 Å². The Labute approximate surface area is 91.1 Å². The topological polar surface area (TPSA) is 38.8 Å². The summed E-state index contributed by atoms with van der Waals surface area (Å²) in [4.78, 5) is 11.6. The Balaban J connectivity index is 1.99. The summed E-state index contributed by atoms with van der Waals surface area (Å²) in [5, 5.41) is 0. The molecule has 0 aromatic rings. The molecule has 1 heterocycles. The van der Waals surface area contributed by atoms with E-state index in [4.69, 9.17) is 9.47 Å². The molecule has 3 atom stereocenters. The van der Waals surface area contributed by atoms with Crippen molar-refractivity contribution in [1.82, 2.24) is 0 Å². The van der Waals surface area contributed by atoms with Gasteiger partial charge in [0.1, 0.15) is 5.60 Å². The van der Waals surface area contributed by atoms with Gasteiger partial charge in [-0.3, -0.25) is 0 Å². The highest BCUT2D eigenvalue weighted by atomic mass is 16.7. The minimum absolute atomic E-state index is 0.161. The van der Waals surface area contributed by atoms with Crippen LogP contribution < -0.4 is 0 Å². The van der Waals surface area contributed by atoms with E-state index in [1.54, 1.807) is 0 Å². The van der Waals surface area contributed by atoms with Crippen LogP contribution in [0, 0.1) is 5.92 Å². The standard InChI is InChI=1S/C12H20O3/c1-3-14-11(13)10-12(15-10)8-6-4-5-7-9(12)2/h9-10H,3-8H2,1-2H3. The summed E-state index contributed by atoms with van der Waals surface area (Å²) in [5.74, 6) is 0.334. The second-order valence-corrected chi connectivity index (χ2v) is 4.71. The van der Waals surface area contributed by atoms with Gasteiger partial charge < -0.3 is 9.47 Å². The molecule has 86 valence electrons. The van der Waals surface area contributed by atoms with Crippen LogP contribution in [0.25, 0.3) is 0 Å². The molecule has 0 N–H and O–H groups in total. The monoisotopic (exact) mass is 212 g/mol. The van der Waals surface area contributed by atoms with Crippen LogP contribution in [-0.2, 0) is 14.3 Å². The Morgan fingerprint density at radius 2 is 2.27 bits per heavy atom. The molecule has 3 heteroatoms. The Kier molecular flexibility index (Phi) is 3.01. The van der Waals surface area contributed by atoms with Crippen molar-refractivity contribution in [2.75, 3.05) is 6.61 Å². The number of epoxide rings is 1. The van der Waals surface area contributed by atoms with Crippen LogP contribution in [-0.4, -0.2) is 24.3 Å². The molecule has 0 aromatic heterocycles. The summed E-state index contributed by atoms with van der Waals surface area (Å²) >= 11 is 0. The average molecular weight is 212 g/mol. The molecule has 0 amide bonds. The summed E-state index contributed by atoms with van der Waals surface area (Å²) in [7, 11) is 0. The van der Waals surface area contributed by atoms with Crippen molar-refractivity contribution in [2.24, 2.45) is 5.92 Å². The van der Waals surface area contributed by atoms with Gasteiger partial charge in [-0.1, -0.05) is 26.2 Å². The van der Waals surface area contributed by atoms with Crippen LogP contribution in [0.4, 0.5) is 0 Å². The lowest BCUT2D eigenvalue weighted by atomic mass is 9.86. The first-order chi connectivity index (χ1) is 7.20. The third kappa shape index (κ3) is 1.89. The van der Waals surface area contributed by atoms with Crippen molar-refractivity contribution in [3.63, 3.8) is 0 Å². The molecule has 0 radical (unpaired) electrons. The molecule has 3 unspecified atom stereocenters. The maximum atomic E-state index is 11.6. The molecule has 2 aliphatic rings. The van der Waals surface area contributed by atoms with Gasteiger partial charge in [0.2, 0.25) is 0 Å². The van der Waals surface area contributed by atoms with E-state index < -0.39 is 0 Å². The van der Waals surface area contributed by atoms with Gasteiger partial charge in [-0.05, 0) is 25.7 Å². The van der Waals surface area contributed by atoms with E-state index in [0.29, 0.717) is 12.5 Å². The van der Waals surface area contributed by atoms with Crippen molar-refractivity contribution in [2.45, 2.75) is 57.7 Å². The minimum Gasteiger partial charge on any atom is -0.464 e. The van der Waals surface area contributed by atoms with Gasteiger partial charge in [-0.15, -0.1) is 0 Å². The predicted octanol–water partition coefficient (Wildman–Crippen LogP) is 2.29. The van der Waals surface area contributed by atoms with Gasteiger partial charge in [-0.25, -0.2) is 4.79 Å². The SMILES string of the molecule is CCOC(=O)C1OC12CCCCCC2C. The second kappa shape index (κ2) is 4.12. The zero-order valence-electron chi connectivity index (χ0n) is 9.62. The fourth-order valence-electron chi connectivity index (χ4n) is 2.73. The molecule has 15 heavy (non-hydrogen) atoms. The summed E-state index contributed by atoms with van der Waals surface area (Å²) in [5.41, 5.74) is -0.164. The zero-order chi connectivity index (χ0) is 10.9. The third-order valence-corrected chi connectivity index (χ3v) is 3.76. The van der Waals surface area contributed by atoms with Crippen LogP contribution in [0.15, 0.2) is 0 Å². The van der Waals surface area contributed by atoms with E-state index in [0.717, 1.165) is 6.42 Å². The van der Waals surface area contributed by atoms with Crippen molar-refractivity contribution in [3.8, 4) is 0 Å². The van der Waals surface area contributed by atoms with E-state index in [-0.39, 0.29) is 17.7 Å². The quantitative estimate of drug-likeness (QED) is 0.520. The number of ether oxygens (including phenoxy) is 2. The van der Waals surface area contributed by atoms with Gasteiger partial charge in [0.15, 0.2) is 6.10 Å². The fourth-order valence-corrected chi connectivity index (χ4v) is 2.73. The first kappa shape index (κ1) is 10.9. The molecule has 1 aliphatic heterocycles. The van der Waals surface area contributed by atoms with E-state index in [2.05, 4.69) is 6.92 Å². The largest absolute Gasteiger partial charge is 0.464 e. The number of hydrogen-bond donors (Lipinski definition) is 0. The third-order valence-electron chi connectivity index (χ3n) is 3.76. The van der Waals surface area contributed by atoms with E-state index in [9.17, 15) is 4.79 Å². The molecule has 3 nitrogen and oxygen atoms in total. The Hall–Kier alpha value is -0.570. The summed E-state index contributed by atoms with van der Waals surface area (Å²) < 4.78 is 10.7. The van der Waals surface area contributed by atoms with Crippen molar-refractivity contribution < 1.29 is 14.3 Å². The molecule has 0 bridgehead atoms.